The molecule has 0 bridgehead atoms. The van der Waals surface area contributed by atoms with Crippen molar-refractivity contribution >= 4 is 0 Å². The molecule has 42 heavy (non-hydrogen) atoms. The summed E-state index contributed by atoms with van der Waals surface area (Å²) in [6, 6.07) is 0. The molecule has 0 N–H and O–H groups in total. The Morgan fingerprint density at radius 1 is 0.524 bits per heavy atom. The van der Waals surface area contributed by atoms with Gasteiger partial charge in [-0.2, -0.15) is 92.2 Å². The van der Waals surface area contributed by atoms with Crippen molar-refractivity contribution in [3.63, 3.8) is 0 Å². The van der Waals surface area contributed by atoms with Crippen molar-refractivity contribution in [1.82, 2.24) is 0 Å². The van der Waals surface area contributed by atoms with Gasteiger partial charge in [-0.25, -0.2) is 0 Å². The van der Waals surface area contributed by atoms with Crippen molar-refractivity contribution in [2.24, 2.45) is 17.8 Å². The van der Waals surface area contributed by atoms with Gasteiger partial charge in [0.2, 0.25) is 0 Å². The zero-order valence-corrected chi connectivity index (χ0v) is 20.2. The summed E-state index contributed by atoms with van der Waals surface area (Å²) in [5.74, 6) is -82.8. The van der Waals surface area contributed by atoms with Crippen LogP contribution in [0.25, 0.3) is 0 Å². The highest BCUT2D eigenvalue weighted by molar-refractivity contribution is 5.19. The van der Waals surface area contributed by atoms with Gasteiger partial charge >= 0.3 is 59.5 Å². The van der Waals surface area contributed by atoms with Crippen LogP contribution in [0.5, 0.6) is 0 Å². The molecular formula is C21H17F21. The maximum Gasteiger partial charge on any atom is 0.460 e. The van der Waals surface area contributed by atoms with Gasteiger partial charge in [0.15, 0.2) is 0 Å². The van der Waals surface area contributed by atoms with E-state index in [4.69, 9.17) is 0 Å². The molecule has 0 radical (unpaired) electrons. The third-order valence-corrected chi connectivity index (χ3v) is 6.67. The minimum absolute atomic E-state index is 0.558. The molecule has 0 spiro atoms. The minimum Gasteiger partial charge on any atom is -0.199 e. The van der Waals surface area contributed by atoms with E-state index in [1.807, 2.05) is 0 Å². The van der Waals surface area contributed by atoms with Crippen molar-refractivity contribution in [2.45, 2.75) is 85.7 Å². The van der Waals surface area contributed by atoms with Gasteiger partial charge in [0.05, 0.1) is 0 Å². The van der Waals surface area contributed by atoms with E-state index in [1.165, 1.54) is 6.92 Å². The summed E-state index contributed by atoms with van der Waals surface area (Å²) >= 11 is 0. The summed E-state index contributed by atoms with van der Waals surface area (Å²) in [5, 5.41) is 0. The molecule has 0 aromatic rings. The lowest BCUT2D eigenvalue weighted by atomic mass is 9.80. The molecule has 0 nitrogen and oxygen atoms in total. The van der Waals surface area contributed by atoms with Crippen LogP contribution in [0, 0.1) is 17.8 Å². The lowest BCUT2D eigenvalue weighted by molar-refractivity contribution is -0.475. The van der Waals surface area contributed by atoms with Crippen LogP contribution in [0.2, 0.25) is 0 Å². The van der Waals surface area contributed by atoms with E-state index in [0.29, 0.717) is 0 Å². The Morgan fingerprint density at radius 3 is 1.17 bits per heavy atom. The number of hydrogen-bond acceptors (Lipinski definition) is 0. The first kappa shape index (κ1) is 38.0. The maximum atomic E-state index is 14.8. The van der Waals surface area contributed by atoms with E-state index in [2.05, 4.69) is 6.58 Å². The Kier molecular flexibility index (Phi) is 9.58. The fourth-order valence-electron chi connectivity index (χ4n) is 4.32. The quantitative estimate of drug-likeness (QED) is 0.144. The lowest BCUT2D eigenvalue weighted by Gasteiger charge is -2.45. The first-order chi connectivity index (χ1) is 18.2. The van der Waals surface area contributed by atoms with Gasteiger partial charge in [-0.05, 0) is 38.0 Å². The molecule has 0 aliphatic heterocycles. The number of allylic oxidation sites excluding steroid dienone is 3. The number of hydrogen-bond donors (Lipinski definition) is 0. The third-order valence-electron chi connectivity index (χ3n) is 6.67. The standard InChI is InChI=1S/C21H17F21/c1-3-5-9-7-10(6-4-2)11(8-9)12(22,23)13(24,25)14(26,27)15(28,29)16(30,31)17(32,33)18(34,35)19(36,37)20(38,39)21(40,41)42/h3-5,9-11H,2,6-8H2,1H3/b5-3+. The SMILES string of the molecule is C=CCC1CC(/C=C/C)CC1C(F)(F)C(F)(F)C(F)(F)C(F)(F)C(F)(F)C(F)(F)C(F)(F)C(F)(F)C(F)(F)C(F)(F)F. The molecule has 1 rings (SSSR count). The fraction of sp³-hybridized carbons (Fsp3) is 0.810. The van der Waals surface area contributed by atoms with Crippen LogP contribution >= 0.6 is 0 Å². The van der Waals surface area contributed by atoms with Crippen molar-refractivity contribution in [3.8, 4) is 0 Å². The van der Waals surface area contributed by atoms with Gasteiger partial charge in [-0.15, -0.1) is 6.58 Å². The van der Waals surface area contributed by atoms with Crippen LogP contribution in [0.4, 0.5) is 92.2 Å². The summed E-state index contributed by atoms with van der Waals surface area (Å²) in [4.78, 5) is 0. The number of rotatable bonds is 12. The Balaban J connectivity index is 3.79. The predicted molar refractivity (Wildman–Crippen MR) is 99.9 cm³/mol. The first-order valence-electron chi connectivity index (χ1n) is 10.9. The summed E-state index contributed by atoms with van der Waals surface area (Å²) in [6.07, 6.45) is -7.60. The highest BCUT2D eigenvalue weighted by Crippen LogP contribution is 2.67. The van der Waals surface area contributed by atoms with Crippen LogP contribution in [-0.2, 0) is 0 Å². The highest BCUT2D eigenvalue weighted by Gasteiger charge is 2.98. The second-order valence-electron chi connectivity index (χ2n) is 9.36. The van der Waals surface area contributed by atoms with Crippen molar-refractivity contribution in [1.29, 1.82) is 0 Å². The molecule has 0 heterocycles. The Labute approximate surface area is 221 Å². The van der Waals surface area contributed by atoms with E-state index in [1.54, 1.807) is 0 Å². The zero-order chi connectivity index (χ0) is 34.0. The smallest absolute Gasteiger partial charge is 0.199 e. The van der Waals surface area contributed by atoms with Crippen molar-refractivity contribution in [3.05, 3.63) is 24.8 Å². The molecule has 3 unspecified atom stereocenters. The van der Waals surface area contributed by atoms with Crippen molar-refractivity contribution < 1.29 is 92.2 Å². The van der Waals surface area contributed by atoms with E-state index in [0.717, 1.165) is 18.2 Å². The van der Waals surface area contributed by atoms with Gasteiger partial charge in [0, 0.05) is 5.92 Å². The lowest BCUT2D eigenvalue weighted by Crippen LogP contribution is -2.77. The predicted octanol–water partition coefficient (Wildman–Crippen LogP) is 10.1. The topological polar surface area (TPSA) is 0 Å². The highest BCUT2D eigenvalue weighted by atomic mass is 19.4. The van der Waals surface area contributed by atoms with E-state index in [-0.39, 0.29) is 0 Å². The largest absolute Gasteiger partial charge is 0.460 e. The molecule has 1 saturated carbocycles. The molecule has 3 atom stereocenters. The Bertz CT molecular complexity index is 1000. The molecule has 1 aliphatic rings. The van der Waals surface area contributed by atoms with Gasteiger partial charge in [-0.3, -0.25) is 0 Å². The van der Waals surface area contributed by atoms with Gasteiger partial charge < -0.3 is 0 Å². The van der Waals surface area contributed by atoms with Crippen LogP contribution in [0.15, 0.2) is 24.8 Å². The molecule has 1 aliphatic carbocycles. The molecule has 248 valence electrons. The van der Waals surface area contributed by atoms with Gasteiger partial charge in [0.1, 0.15) is 0 Å². The molecule has 0 aromatic heterocycles. The molecule has 0 saturated heterocycles. The average Bonchev–Trinajstić information content (AvgIpc) is 3.20. The molecule has 21 heteroatoms. The summed E-state index contributed by atoms with van der Waals surface area (Å²) in [5.41, 5.74) is 0. The van der Waals surface area contributed by atoms with Crippen LogP contribution in [0.3, 0.4) is 0 Å². The first-order valence-corrected chi connectivity index (χ1v) is 10.9. The van der Waals surface area contributed by atoms with Gasteiger partial charge in [0.25, 0.3) is 0 Å². The second kappa shape index (κ2) is 10.6. The maximum absolute atomic E-state index is 14.8. The summed E-state index contributed by atoms with van der Waals surface area (Å²) in [6.45, 7) is 4.29. The van der Waals surface area contributed by atoms with Gasteiger partial charge in [-0.1, -0.05) is 18.2 Å². The van der Waals surface area contributed by atoms with Crippen LogP contribution in [0.1, 0.15) is 26.2 Å². The second-order valence-corrected chi connectivity index (χ2v) is 9.36. The normalized spacial score (nSPS) is 23.1. The monoisotopic (exact) mass is 668 g/mol. The van der Waals surface area contributed by atoms with E-state index in [9.17, 15) is 92.2 Å². The number of alkyl halides is 21. The van der Waals surface area contributed by atoms with E-state index < -0.39 is 96.5 Å². The van der Waals surface area contributed by atoms with Crippen LogP contribution < -0.4 is 0 Å². The molecule has 0 aromatic carbocycles. The summed E-state index contributed by atoms with van der Waals surface area (Å²) < 4.78 is 286. The van der Waals surface area contributed by atoms with E-state index >= 15 is 0 Å². The zero-order valence-electron chi connectivity index (χ0n) is 20.2. The minimum atomic E-state index is -9.16. The summed E-state index contributed by atoms with van der Waals surface area (Å²) in [7, 11) is 0. The Hall–Kier alpha value is -1.99. The van der Waals surface area contributed by atoms with Crippen molar-refractivity contribution in [2.75, 3.05) is 0 Å². The third kappa shape index (κ3) is 4.91. The molecule has 0 amide bonds. The fourth-order valence-corrected chi connectivity index (χ4v) is 4.32. The average molecular weight is 668 g/mol. The molecule has 1 fully saturated rings. The molecular weight excluding hydrogens is 651 g/mol. The Morgan fingerprint density at radius 2 is 0.857 bits per heavy atom. The van der Waals surface area contributed by atoms with Crippen LogP contribution in [-0.4, -0.2) is 59.5 Å². The number of halogens is 21.